The van der Waals surface area contributed by atoms with Gasteiger partial charge in [0.25, 0.3) is 0 Å². The highest BCUT2D eigenvalue weighted by atomic mass is 19.1. The maximum absolute atomic E-state index is 13.1. The molecule has 0 radical (unpaired) electrons. The molecule has 1 heterocycles. The van der Waals surface area contributed by atoms with Gasteiger partial charge in [0.15, 0.2) is 0 Å². The quantitative estimate of drug-likeness (QED) is 0.941. The van der Waals surface area contributed by atoms with E-state index in [1.807, 2.05) is 4.68 Å². The van der Waals surface area contributed by atoms with Crippen molar-refractivity contribution in [3.8, 4) is 5.69 Å². The van der Waals surface area contributed by atoms with Gasteiger partial charge >= 0.3 is 5.97 Å². The van der Waals surface area contributed by atoms with E-state index in [2.05, 4.69) is 5.10 Å². The Morgan fingerprint density at radius 2 is 1.95 bits per heavy atom. The Morgan fingerprint density at radius 3 is 2.67 bits per heavy atom. The van der Waals surface area contributed by atoms with Crippen LogP contribution in [0.4, 0.5) is 4.39 Å². The van der Waals surface area contributed by atoms with Crippen molar-refractivity contribution in [1.29, 1.82) is 0 Å². The van der Waals surface area contributed by atoms with Crippen LogP contribution in [-0.2, 0) is 24.1 Å². The highest BCUT2D eigenvalue weighted by Gasteiger charge is 2.21. The second kappa shape index (κ2) is 5.68. The first-order valence-electron chi connectivity index (χ1n) is 7.22. The average Bonchev–Trinajstić information content (AvgIpc) is 2.85. The molecule has 0 fully saturated rings. The number of aryl methyl sites for hydroxylation is 1. The summed E-state index contributed by atoms with van der Waals surface area (Å²) in [7, 11) is 0. The molecule has 1 aromatic heterocycles. The Balaban J connectivity index is 2.00. The van der Waals surface area contributed by atoms with E-state index in [1.165, 1.54) is 17.7 Å². The lowest BCUT2D eigenvalue weighted by molar-refractivity contribution is -0.136. The van der Waals surface area contributed by atoms with Crippen molar-refractivity contribution < 1.29 is 14.3 Å². The van der Waals surface area contributed by atoms with Gasteiger partial charge in [-0.1, -0.05) is 0 Å². The predicted octanol–water partition coefficient (Wildman–Crippen LogP) is 2.91. The highest BCUT2D eigenvalue weighted by molar-refractivity contribution is 5.67. The van der Waals surface area contributed by atoms with Crippen LogP contribution in [0.25, 0.3) is 5.69 Å². The van der Waals surface area contributed by atoms with Gasteiger partial charge in [-0.05, 0) is 55.5 Å². The molecule has 2 aromatic rings. The topological polar surface area (TPSA) is 55.1 Å². The first kappa shape index (κ1) is 13.8. The van der Waals surface area contributed by atoms with E-state index in [9.17, 15) is 9.18 Å². The molecule has 0 amide bonds. The van der Waals surface area contributed by atoms with E-state index < -0.39 is 5.97 Å². The van der Waals surface area contributed by atoms with Crippen molar-refractivity contribution in [2.75, 3.05) is 0 Å². The summed E-state index contributed by atoms with van der Waals surface area (Å²) in [4.78, 5) is 10.8. The molecular weight excluding hydrogens is 271 g/mol. The highest BCUT2D eigenvalue weighted by Crippen LogP contribution is 2.27. The summed E-state index contributed by atoms with van der Waals surface area (Å²) in [6.07, 6.45) is 4.65. The number of hydrogen-bond donors (Lipinski definition) is 1. The second-order valence-corrected chi connectivity index (χ2v) is 5.36. The van der Waals surface area contributed by atoms with Gasteiger partial charge in [-0.3, -0.25) is 4.79 Å². The molecule has 1 N–H and O–H groups in total. The summed E-state index contributed by atoms with van der Waals surface area (Å²) < 4.78 is 14.9. The lowest BCUT2D eigenvalue weighted by Crippen LogP contribution is -2.07. The Kier molecular flexibility index (Phi) is 3.73. The van der Waals surface area contributed by atoms with E-state index in [-0.39, 0.29) is 12.2 Å². The van der Waals surface area contributed by atoms with Crippen LogP contribution in [0, 0.1) is 5.82 Å². The summed E-state index contributed by atoms with van der Waals surface area (Å²) in [5.74, 6) is -1.08. The van der Waals surface area contributed by atoms with Crippen LogP contribution < -0.4 is 0 Å². The second-order valence-electron chi connectivity index (χ2n) is 5.36. The van der Waals surface area contributed by atoms with Gasteiger partial charge in [-0.2, -0.15) is 5.10 Å². The monoisotopic (exact) mass is 288 g/mol. The number of carboxylic acids is 1. The Hall–Kier alpha value is -2.17. The third kappa shape index (κ3) is 2.82. The van der Waals surface area contributed by atoms with Crippen molar-refractivity contribution in [3.63, 3.8) is 0 Å². The molecule has 0 bridgehead atoms. The van der Waals surface area contributed by atoms with Crippen molar-refractivity contribution in [3.05, 3.63) is 47.0 Å². The molecule has 0 spiro atoms. The standard InChI is InChI=1S/C16H17FN2O2/c17-11-5-7-12(8-6-11)19-15-4-2-1-3-13(15)14(18-19)9-10-16(20)21/h5-8H,1-4,9-10H2,(H,20,21). The van der Waals surface area contributed by atoms with Crippen LogP contribution in [-0.4, -0.2) is 20.9 Å². The van der Waals surface area contributed by atoms with Gasteiger partial charge in [-0.25, -0.2) is 9.07 Å². The molecule has 1 aliphatic carbocycles. The average molecular weight is 288 g/mol. The smallest absolute Gasteiger partial charge is 0.303 e. The zero-order valence-corrected chi connectivity index (χ0v) is 11.7. The SMILES string of the molecule is O=C(O)CCc1nn(-c2ccc(F)cc2)c2c1CCCC2. The largest absolute Gasteiger partial charge is 0.481 e. The van der Waals surface area contributed by atoms with Gasteiger partial charge in [0, 0.05) is 12.1 Å². The van der Waals surface area contributed by atoms with Crippen LogP contribution >= 0.6 is 0 Å². The fourth-order valence-electron chi connectivity index (χ4n) is 2.90. The minimum absolute atomic E-state index is 0.0901. The minimum atomic E-state index is -0.809. The lowest BCUT2D eigenvalue weighted by atomic mass is 9.94. The molecule has 110 valence electrons. The first-order valence-corrected chi connectivity index (χ1v) is 7.22. The number of aromatic nitrogens is 2. The normalized spacial score (nSPS) is 14.0. The van der Waals surface area contributed by atoms with E-state index in [1.54, 1.807) is 12.1 Å². The molecule has 5 heteroatoms. The number of halogens is 1. The summed E-state index contributed by atoms with van der Waals surface area (Å²) in [6.45, 7) is 0. The lowest BCUT2D eigenvalue weighted by Gasteiger charge is -2.14. The Labute approximate surface area is 122 Å². The van der Waals surface area contributed by atoms with Gasteiger partial charge < -0.3 is 5.11 Å². The van der Waals surface area contributed by atoms with Gasteiger partial charge in [0.05, 0.1) is 17.8 Å². The Bertz CT molecular complexity index is 662. The summed E-state index contributed by atoms with van der Waals surface area (Å²) in [5, 5.41) is 13.5. The van der Waals surface area contributed by atoms with Crippen LogP contribution in [0.5, 0.6) is 0 Å². The number of fused-ring (bicyclic) bond motifs is 1. The van der Waals surface area contributed by atoms with Gasteiger partial charge in [-0.15, -0.1) is 0 Å². The van der Waals surface area contributed by atoms with Gasteiger partial charge in [0.2, 0.25) is 0 Å². The van der Waals surface area contributed by atoms with Crippen molar-refractivity contribution in [1.82, 2.24) is 9.78 Å². The van der Waals surface area contributed by atoms with E-state index in [4.69, 9.17) is 5.11 Å². The van der Waals surface area contributed by atoms with E-state index in [0.717, 1.165) is 42.8 Å². The molecule has 1 aliphatic rings. The fraction of sp³-hybridized carbons (Fsp3) is 0.375. The number of nitrogens with zero attached hydrogens (tertiary/aromatic N) is 2. The molecule has 0 atom stereocenters. The first-order chi connectivity index (χ1) is 10.1. The number of rotatable bonds is 4. The third-order valence-corrected chi connectivity index (χ3v) is 3.91. The predicted molar refractivity (Wildman–Crippen MR) is 76.1 cm³/mol. The van der Waals surface area contributed by atoms with Crippen LogP contribution in [0.2, 0.25) is 0 Å². The van der Waals surface area contributed by atoms with Crippen LogP contribution in [0.1, 0.15) is 36.2 Å². The zero-order valence-electron chi connectivity index (χ0n) is 11.7. The molecule has 1 aromatic carbocycles. The van der Waals surface area contributed by atoms with E-state index in [0.29, 0.717) is 6.42 Å². The summed E-state index contributed by atoms with van der Waals surface area (Å²) in [6, 6.07) is 6.25. The molecule has 0 saturated heterocycles. The fourth-order valence-corrected chi connectivity index (χ4v) is 2.90. The summed E-state index contributed by atoms with van der Waals surface area (Å²) in [5.41, 5.74) is 4.03. The maximum Gasteiger partial charge on any atom is 0.303 e. The minimum Gasteiger partial charge on any atom is -0.481 e. The number of carbonyl (C=O) groups is 1. The molecule has 0 unspecified atom stereocenters. The molecule has 21 heavy (non-hydrogen) atoms. The number of carboxylic acid groups (broad SMARTS) is 1. The third-order valence-electron chi connectivity index (χ3n) is 3.91. The number of hydrogen-bond acceptors (Lipinski definition) is 2. The molecule has 4 nitrogen and oxygen atoms in total. The number of aliphatic carboxylic acids is 1. The summed E-state index contributed by atoms with van der Waals surface area (Å²) >= 11 is 0. The molecule has 3 rings (SSSR count). The van der Waals surface area contributed by atoms with Crippen LogP contribution in [0.3, 0.4) is 0 Å². The van der Waals surface area contributed by atoms with Crippen molar-refractivity contribution >= 4 is 5.97 Å². The van der Waals surface area contributed by atoms with Crippen LogP contribution in [0.15, 0.2) is 24.3 Å². The zero-order chi connectivity index (χ0) is 14.8. The molecule has 0 saturated carbocycles. The van der Waals surface area contributed by atoms with Crippen molar-refractivity contribution in [2.24, 2.45) is 0 Å². The Morgan fingerprint density at radius 1 is 1.24 bits per heavy atom. The van der Waals surface area contributed by atoms with Gasteiger partial charge in [0.1, 0.15) is 5.82 Å². The van der Waals surface area contributed by atoms with Crippen molar-refractivity contribution in [2.45, 2.75) is 38.5 Å². The molecule has 0 aliphatic heterocycles. The number of benzene rings is 1. The molecular formula is C16H17FN2O2. The maximum atomic E-state index is 13.1. The van der Waals surface area contributed by atoms with E-state index >= 15 is 0 Å².